The van der Waals surface area contributed by atoms with Crippen molar-refractivity contribution in [3.05, 3.63) is 0 Å². The Morgan fingerprint density at radius 1 is 1.73 bits per heavy atom. The van der Waals surface area contributed by atoms with Gasteiger partial charge in [0.2, 0.25) is 0 Å². The molecule has 0 bridgehead atoms. The molecule has 0 aromatic heterocycles. The van der Waals surface area contributed by atoms with E-state index in [0.29, 0.717) is 12.6 Å². The predicted molar refractivity (Wildman–Crippen MR) is 59.0 cm³/mol. The van der Waals surface area contributed by atoms with Crippen molar-refractivity contribution in [2.24, 2.45) is 0 Å². The molecule has 0 aliphatic carbocycles. The summed E-state index contributed by atoms with van der Waals surface area (Å²) >= 11 is 0. The molecule has 2 atom stereocenters. The van der Waals surface area contributed by atoms with E-state index in [4.69, 9.17) is 5.11 Å². The van der Waals surface area contributed by atoms with Gasteiger partial charge in [-0.2, -0.15) is 0 Å². The Hall–Kier alpha value is -0.650. The molecule has 5 nitrogen and oxygen atoms in total. The van der Waals surface area contributed by atoms with E-state index in [-0.39, 0.29) is 0 Å². The summed E-state index contributed by atoms with van der Waals surface area (Å²) in [7, 11) is 5.78. The lowest BCUT2D eigenvalue weighted by Gasteiger charge is -2.26. The van der Waals surface area contributed by atoms with Crippen LogP contribution in [0.15, 0.2) is 0 Å². The Balaban J connectivity index is 2.40. The summed E-state index contributed by atoms with van der Waals surface area (Å²) in [5, 5.41) is 11.7. The fourth-order valence-corrected chi connectivity index (χ4v) is 2.00. The van der Waals surface area contributed by atoms with E-state index in [1.54, 1.807) is 7.05 Å². The van der Waals surface area contributed by atoms with Gasteiger partial charge < -0.3 is 15.3 Å². The number of nitrogens with zero attached hydrogens (tertiary/aromatic N) is 2. The zero-order valence-corrected chi connectivity index (χ0v) is 9.73. The average Bonchev–Trinajstić information content (AvgIpc) is 2.60. The number of carbonyl (C=O) groups is 1. The molecule has 0 aromatic rings. The first kappa shape index (κ1) is 12.4. The van der Waals surface area contributed by atoms with Gasteiger partial charge in [-0.3, -0.25) is 9.69 Å². The standard InChI is InChI=1S/C10H21N3O2/c1-11-9(10(14)15)7-13(3)8-4-5-12(2)6-8/h8-9,11H,4-7H2,1-3H3,(H,14,15). The summed E-state index contributed by atoms with van der Waals surface area (Å²) in [6, 6.07) is 0.0195. The molecule has 0 amide bonds. The van der Waals surface area contributed by atoms with Crippen molar-refractivity contribution in [3.63, 3.8) is 0 Å². The van der Waals surface area contributed by atoms with E-state index < -0.39 is 12.0 Å². The predicted octanol–water partition coefficient (Wildman–Crippen LogP) is -0.705. The quantitative estimate of drug-likeness (QED) is 0.635. The van der Waals surface area contributed by atoms with Crippen LogP contribution < -0.4 is 5.32 Å². The molecule has 2 unspecified atom stereocenters. The van der Waals surface area contributed by atoms with E-state index in [2.05, 4.69) is 22.2 Å². The van der Waals surface area contributed by atoms with Crippen LogP contribution in [0.4, 0.5) is 0 Å². The molecule has 2 N–H and O–H groups in total. The minimum atomic E-state index is -0.782. The molecule has 0 saturated carbocycles. The van der Waals surface area contributed by atoms with Crippen molar-refractivity contribution in [3.8, 4) is 0 Å². The fourth-order valence-electron chi connectivity index (χ4n) is 2.00. The number of carboxylic acid groups (broad SMARTS) is 1. The van der Waals surface area contributed by atoms with E-state index in [1.165, 1.54) is 0 Å². The van der Waals surface area contributed by atoms with Crippen molar-refractivity contribution < 1.29 is 9.90 Å². The van der Waals surface area contributed by atoms with Crippen LogP contribution in [0.2, 0.25) is 0 Å². The lowest BCUT2D eigenvalue weighted by molar-refractivity contribution is -0.139. The molecule has 15 heavy (non-hydrogen) atoms. The summed E-state index contributed by atoms with van der Waals surface area (Å²) in [6.45, 7) is 2.70. The maximum atomic E-state index is 10.8. The molecule has 1 rings (SSSR count). The molecule has 1 aliphatic heterocycles. The van der Waals surface area contributed by atoms with Gasteiger partial charge in [0.25, 0.3) is 0 Å². The molecule has 0 aromatic carbocycles. The van der Waals surface area contributed by atoms with E-state index >= 15 is 0 Å². The topological polar surface area (TPSA) is 55.8 Å². The van der Waals surface area contributed by atoms with Gasteiger partial charge in [-0.1, -0.05) is 0 Å². The minimum Gasteiger partial charge on any atom is -0.480 e. The van der Waals surface area contributed by atoms with Crippen molar-refractivity contribution in [1.82, 2.24) is 15.1 Å². The lowest BCUT2D eigenvalue weighted by Crippen LogP contribution is -2.47. The summed E-state index contributed by atoms with van der Waals surface area (Å²) in [6.07, 6.45) is 1.13. The van der Waals surface area contributed by atoms with Gasteiger partial charge in [0, 0.05) is 19.1 Å². The number of likely N-dealkylation sites (N-methyl/N-ethyl adjacent to an activating group) is 3. The molecular formula is C10H21N3O2. The Kier molecular flexibility index (Phi) is 4.50. The smallest absolute Gasteiger partial charge is 0.322 e. The Morgan fingerprint density at radius 3 is 2.80 bits per heavy atom. The Bertz CT molecular complexity index is 223. The molecule has 5 heteroatoms. The third kappa shape index (κ3) is 3.44. The second-order valence-electron chi connectivity index (χ2n) is 4.32. The van der Waals surface area contributed by atoms with Crippen molar-refractivity contribution in [1.29, 1.82) is 0 Å². The maximum Gasteiger partial charge on any atom is 0.322 e. The highest BCUT2D eigenvalue weighted by atomic mass is 16.4. The number of aliphatic carboxylic acids is 1. The summed E-state index contributed by atoms with van der Waals surface area (Å²) in [5.74, 6) is -0.782. The number of rotatable bonds is 5. The van der Waals surface area contributed by atoms with Crippen LogP contribution in [-0.2, 0) is 4.79 Å². The SMILES string of the molecule is CNC(CN(C)C1CCN(C)C1)C(=O)O. The highest BCUT2D eigenvalue weighted by Crippen LogP contribution is 2.12. The number of carboxylic acids is 1. The monoisotopic (exact) mass is 215 g/mol. The normalized spacial score (nSPS) is 24.7. The number of hydrogen-bond donors (Lipinski definition) is 2. The number of hydrogen-bond acceptors (Lipinski definition) is 4. The van der Waals surface area contributed by atoms with Crippen molar-refractivity contribution in [2.75, 3.05) is 40.8 Å². The molecule has 88 valence electrons. The maximum absolute atomic E-state index is 10.8. The first-order chi connectivity index (χ1) is 7.04. The average molecular weight is 215 g/mol. The Labute approximate surface area is 91.0 Å². The fraction of sp³-hybridized carbons (Fsp3) is 0.900. The van der Waals surface area contributed by atoms with Gasteiger partial charge in [-0.05, 0) is 34.1 Å². The van der Waals surface area contributed by atoms with Gasteiger partial charge in [0.05, 0.1) is 0 Å². The largest absolute Gasteiger partial charge is 0.480 e. The zero-order chi connectivity index (χ0) is 11.4. The van der Waals surface area contributed by atoms with Crippen molar-refractivity contribution >= 4 is 5.97 Å². The molecule has 1 saturated heterocycles. The molecule has 1 aliphatic rings. The summed E-state index contributed by atoms with van der Waals surface area (Å²) in [5.41, 5.74) is 0. The van der Waals surface area contributed by atoms with Crippen LogP contribution >= 0.6 is 0 Å². The molecule has 0 spiro atoms. The summed E-state index contributed by atoms with van der Waals surface area (Å²) in [4.78, 5) is 15.3. The van der Waals surface area contributed by atoms with Crippen LogP contribution in [0.25, 0.3) is 0 Å². The lowest BCUT2D eigenvalue weighted by atomic mass is 10.2. The van der Waals surface area contributed by atoms with E-state index in [1.807, 2.05) is 7.05 Å². The van der Waals surface area contributed by atoms with Gasteiger partial charge >= 0.3 is 5.97 Å². The molecule has 1 fully saturated rings. The number of nitrogens with one attached hydrogen (secondary N) is 1. The second-order valence-corrected chi connectivity index (χ2v) is 4.32. The second kappa shape index (κ2) is 5.44. The van der Waals surface area contributed by atoms with Gasteiger partial charge in [0.1, 0.15) is 6.04 Å². The van der Waals surface area contributed by atoms with Crippen LogP contribution in [-0.4, -0.2) is 73.7 Å². The van der Waals surface area contributed by atoms with E-state index in [0.717, 1.165) is 19.5 Å². The van der Waals surface area contributed by atoms with Crippen molar-refractivity contribution in [2.45, 2.75) is 18.5 Å². The van der Waals surface area contributed by atoms with Gasteiger partial charge in [-0.15, -0.1) is 0 Å². The molecular weight excluding hydrogens is 194 g/mol. The van der Waals surface area contributed by atoms with Gasteiger partial charge in [-0.25, -0.2) is 0 Å². The third-order valence-corrected chi connectivity index (χ3v) is 3.11. The number of likely N-dealkylation sites (tertiary alicyclic amines) is 1. The highest BCUT2D eigenvalue weighted by Gasteiger charge is 2.26. The molecule has 1 heterocycles. The first-order valence-corrected chi connectivity index (χ1v) is 5.33. The third-order valence-electron chi connectivity index (χ3n) is 3.11. The molecule has 0 radical (unpaired) electrons. The zero-order valence-electron chi connectivity index (χ0n) is 9.73. The van der Waals surface area contributed by atoms with Crippen LogP contribution in [0.1, 0.15) is 6.42 Å². The van der Waals surface area contributed by atoms with Crippen LogP contribution in [0, 0.1) is 0 Å². The minimum absolute atomic E-state index is 0.471. The van der Waals surface area contributed by atoms with E-state index in [9.17, 15) is 4.79 Å². The summed E-state index contributed by atoms with van der Waals surface area (Å²) < 4.78 is 0. The Morgan fingerprint density at radius 2 is 2.40 bits per heavy atom. The van der Waals surface area contributed by atoms with Crippen LogP contribution in [0.5, 0.6) is 0 Å². The highest BCUT2D eigenvalue weighted by molar-refractivity contribution is 5.73. The first-order valence-electron chi connectivity index (χ1n) is 5.33. The van der Waals surface area contributed by atoms with Crippen LogP contribution in [0.3, 0.4) is 0 Å². The van der Waals surface area contributed by atoms with Gasteiger partial charge in [0.15, 0.2) is 0 Å².